The highest BCUT2D eigenvalue weighted by Crippen LogP contribution is 2.28. The molecular weight excluding hydrogens is 420 g/mol. The maximum absolute atomic E-state index is 12.3. The minimum Gasteiger partial charge on any atom is -0.507 e. The average Bonchev–Trinajstić information content (AvgIpc) is 2.79. The summed E-state index contributed by atoms with van der Waals surface area (Å²) in [6.07, 6.45) is 3.69. The topological polar surface area (TPSA) is 107 Å². The van der Waals surface area contributed by atoms with E-state index in [1.54, 1.807) is 0 Å². The molecule has 0 aromatic heterocycles. The van der Waals surface area contributed by atoms with Crippen LogP contribution < -0.4 is 0 Å². The van der Waals surface area contributed by atoms with Crippen LogP contribution in [0.15, 0.2) is 24.3 Å². The fourth-order valence-electron chi connectivity index (χ4n) is 4.13. The summed E-state index contributed by atoms with van der Waals surface area (Å²) in [6.45, 7) is 6.87. The maximum Gasteiger partial charge on any atom is 0.306 e. The van der Waals surface area contributed by atoms with E-state index >= 15 is 0 Å². The van der Waals surface area contributed by atoms with E-state index in [0.29, 0.717) is 18.6 Å². The van der Waals surface area contributed by atoms with Crippen molar-refractivity contribution in [3.05, 3.63) is 57.6 Å². The smallest absolute Gasteiger partial charge is 0.306 e. The molecular formula is C27H38O6. The van der Waals surface area contributed by atoms with Crippen molar-refractivity contribution in [3.8, 4) is 11.5 Å². The predicted octanol–water partition coefficient (Wildman–Crippen LogP) is 4.19. The van der Waals surface area contributed by atoms with Gasteiger partial charge >= 0.3 is 5.97 Å². The number of rotatable bonds is 12. The van der Waals surface area contributed by atoms with Crippen LogP contribution in [0.25, 0.3) is 0 Å². The second-order valence-corrected chi connectivity index (χ2v) is 9.34. The van der Waals surface area contributed by atoms with E-state index in [-0.39, 0.29) is 38.0 Å². The molecule has 0 bridgehead atoms. The van der Waals surface area contributed by atoms with Gasteiger partial charge in [-0.25, -0.2) is 0 Å². The molecule has 2 aromatic carbocycles. The fraction of sp³-hybridized carbons (Fsp3) is 0.519. The highest BCUT2D eigenvalue weighted by atomic mass is 16.5. The number of aliphatic hydroxyl groups is 2. The van der Waals surface area contributed by atoms with E-state index in [1.165, 1.54) is 0 Å². The lowest BCUT2D eigenvalue weighted by Crippen LogP contribution is -2.36. The Balaban J connectivity index is 1.82. The SMILES string of the molecule is Cc1cc(CCCCC(CO)(CO)COC(=O)CCc2cc(C)c(O)c(C)c2)cc(C)c1O. The Hall–Kier alpha value is -2.57. The molecule has 0 saturated heterocycles. The van der Waals surface area contributed by atoms with Crippen LogP contribution in [0.5, 0.6) is 11.5 Å². The van der Waals surface area contributed by atoms with Crippen molar-refractivity contribution < 1.29 is 30.0 Å². The summed E-state index contributed by atoms with van der Waals surface area (Å²) in [5.74, 6) is 0.225. The van der Waals surface area contributed by atoms with Crippen molar-refractivity contribution >= 4 is 5.97 Å². The van der Waals surface area contributed by atoms with Gasteiger partial charge in [-0.1, -0.05) is 30.7 Å². The zero-order chi connectivity index (χ0) is 24.6. The number of hydrogen-bond acceptors (Lipinski definition) is 6. The summed E-state index contributed by atoms with van der Waals surface area (Å²) in [6, 6.07) is 7.68. The number of phenols is 2. The molecule has 0 heterocycles. The number of aromatic hydroxyl groups is 2. The molecule has 33 heavy (non-hydrogen) atoms. The van der Waals surface area contributed by atoms with Gasteiger partial charge in [-0.05, 0) is 86.8 Å². The van der Waals surface area contributed by atoms with Crippen molar-refractivity contribution in [3.63, 3.8) is 0 Å². The standard InChI is InChI=1S/C27H38O6/c1-18-11-22(12-19(2)25(18)31)7-5-6-10-27(15-28,16-29)17-33-24(30)9-8-23-13-20(3)26(32)21(4)14-23/h11-14,28-29,31-32H,5-10,15-17H2,1-4H3. The van der Waals surface area contributed by atoms with Crippen LogP contribution in [0.4, 0.5) is 0 Å². The summed E-state index contributed by atoms with van der Waals surface area (Å²) in [7, 11) is 0. The number of aliphatic hydroxyl groups excluding tert-OH is 2. The first-order valence-corrected chi connectivity index (χ1v) is 11.6. The molecule has 0 aliphatic carbocycles. The van der Waals surface area contributed by atoms with Gasteiger partial charge in [0.15, 0.2) is 0 Å². The average molecular weight is 459 g/mol. The molecule has 0 atom stereocenters. The van der Waals surface area contributed by atoms with Crippen LogP contribution in [0.1, 0.15) is 59.1 Å². The van der Waals surface area contributed by atoms with E-state index in [9.17, 15) is 25.2 Å². The van der Waals surface area contributed by atoms with E-state index in [2.05, 4.69) is 0 Å². The highest BCUT2D eigenvalue weighted by Gasteiger charge is 2.30. The minimum atomic E-state index is -0.859. The summed E-state index contributed by atoms with van der Waals surface area (Å²) >= 11 is 0. The number of unbranched alkanes of at least 4 members (excludes halogenated alkanes) is 1. The Bertz CT molecular complexity index is 900. The number of carbonyl (C=O) groups excluding carboxylic acids is 1. The number of phenolic OH excluding ortho intramolecular Hbond substituents is 2. The number of esters is 1. The van der Waals surface area contributed by atoms with Crippen molar-refractivity contribution in [2.75, 3.05) is 19.8 Å². The first kappa shape index (κ1) is 26.7. The summed E-state index contributed by atoms with van der Waals surface area (Å²) in [4.78, 5) is 12.3. The van der Waals surface area contributed by atoms with Crippen molar-refractivity contribution in [2.24, 2.45) is 5.41 Å². The largest absolute Gasteiger partial charge is 0.507 e. The van der Waals surface area contributed by atoms with Crippen molar-refractivity contribution in [1.29, 1.82) is 0 Å². The minimum absolute atomic E-state index is 0.0239. The van der Waals surface area contributed by atoms with Crippen LogP contribution in [0.3, 0.4) is 0 Å². The van der Waals surface area contributed by atoms with Gasteiger partial charge in [-0.3, -0.25) is 4.79 Å². The van der Waals surface area contributed by atoms with Gasteiger partial charge < -0.3 is 25.2 Å². The number of ether oxygens (including phenoxy) is 1. The molecule has 4 N–H and O–H groups in total. The molecule has 2 aromatic rings. The van der Waals surface area contributed by atoms with Gasteiger partial charge in [0.25, 0.3) is 0 Å². The molecule has 6 nitrogen and oxygen atoms in total. The van der Waals surface area contributed by atoms with Crippen molar-refractivity contribution in [1.82, 2.24) is 0 Å². The van der Waals surface area contributed by atoms with Gasteiger partial charge in [0.2, 0.25) is 0 Å². The Morgan fingerprint density at radius 3 is 1.70 bits per heavy atom. The number of hydrogen-bond donors (Lipinski definition) is 4. The molecule has 0 fully saturated rings. The fourth-order valence-corrected chi connectivity index (χ4v) is 4.13. The third kappa shape index (κ3) is 7.47. The second kappa shape index (κ2) is 12.1. The molecule has 0 saturated carbocycles. The van der Waals surface area contributed by atoms with Crippen LogP contribution in [0.2, 0.25) is 0 Å². The van der Waals surface area contributed by atoms with E-state index < -0.39 is 5.41 Å². The van der Waals surface area contributed by atoms with Gasteiger partial charge in [0.1, 0.15) is 18.1 Å². The molecule has 0 radical (unpaired) electrons. The highest BCUT2D eigenvalue weighted by molar-refractivity contribution is 5.69. The number of carbonyl (C=O) groups is 1. The predicted molar refractivity (Wildman–Crippen MR) is 129 cm³/mol. The Morgan fingerprint density at radius 1 is 0.788 bits per heavy atom. The quantitative estimate of drug-likeness (QED) is 0.281. The van der Waals surface area contributed by atoms with E-state index in [1.807, 2.05) is 52.0 Å². The molecule has 182 valence electrons. The molecule has 2 rings (SSSR count). The monoisotopic (exact) mass is 458 g/mol. The lowest BCUT2D eigenvalue weighted by molar-refractivity contribution is -0.150. The summed E-state index contributed by atoms with van der Waals surface area (Å²) < 4.78 is 5.42. The molecule has 0 aliphatic rings. The molecule has 0 amide bonds. The Kier molecular flexibility index (Phi) is 9.74. The number of benzene rings is 2. The molecule has 0 spiro atoms. The maximum atomic E-state index is 12.3. The molecule has 6 heteroatoms. The molecule has 0 unspecified atom stereocenters. The Labute approximate surface area is 196 Å². The third-order valence-electron chi connectivity index (χ3n) is 6.35. The lowest BCUT2D eigenvalue weighted by atomic mass is 9.84. The second-order valence-electron chi connectivity index (χ2n) is 9.34. The van der Waals surface area contributed by atoms with Gasteiger partial charge in [-0.2, -0.15) is 0 Å². The number of aryl methyl sites for hydroxylation is 6. The first-order chi connectivity index (χ1) is 15.6. The van der Waals surface area contributed by atoms with Crippen molar-refractivity contribution in [2.45, 2.75) is 66.2 Å². The normalized spacial score (nSPS) is 11.6. The summed E-state index contributed by atoms with van der Waals surface area (Å²) in [5, 5.41) is 39.6. The zero-order valence-corrected chi connectivity index (χ0v) is 20.3. The van der Waals surface area contributed by atoms with Gasteiger partial charge in [0, 0.05) is 6.42 Å². The van der Waals surface area contributed by atoms with Crippen LogP contribution in [0, 0.1) is 33.1 Å². The van der Waals surface area contributed by atoms with Crippen LogP contribution in [-0.2, 0) is 22.4 Å². The first-order valence-electron chi connectivity index (χ1n) is 11.6. The van der Waals surface area contributed by atoms with Gasteiger partial charge in [0.05, 0.1) is 18.6 Å². The van der Waals surface area contributed by atoms with Crippen LogP contribution >= 0.6 is 0 Å². The Morgan fingerprint density at radius 2 is 1.24 bits per heavy atom. The third-order valence-corrected chi connectivity index (χ3v) is 6.35. The van der Waals surface area contributed by atoms with E-state index in [0.717, 1.165) is 52.6 Å². The zero-order valence-electron chi connectivity index (χ0n) is 20.3. The summed E-state index contributed by atoms with van der Waals surface area (Å²) in [5.41, 5.74) is 4.50. The van der Waals surface area contributed by atoms with Gasteiger partial charge in [-0.15, -0.1) is 0 Å². The van der Waals surface area contributed by atoms with Crippen LogP contribution in [-0.4, -0.2) is 46.2 Å². The lowest BCUT2D eigenvalue weighted by Gasteiger charge is -2.29. The molecule has 0 aliphatic heterocycles. The van der Waals surface area contributed by atoms with E-state index in [4.69, 9.17) is 4.74 Å².